The molecule has 2 rings (SSSR count). The molecule has 3 N–H and O–H groups in total. The van der Waals surface area contributed by atoms with Crippen molar-refractivity contribution in [3.63, 3.8) is 0 Å². The first-order valence-corrected chi connectivity index (χ1v) is 10.3. The third kappa shape index (κ3) is 6.59. The maximum absolute atomic E-state index is 12.6. The van der Waals surface area contributed by atoms with Crippen LogP contribution in [0.2, 0.25) is 0 Å². The van der Waals surface area contributed by atoms with Gasteiger partial charge in [0.2, 0.25) is 11.8 Å². The van der Waals surface area contributed by atoms with Gasteiger partial charge in [-0.15, -0.1) is 0 Å². The SMILES string of the molecule is COc1ccc(NC(C)=O)cc1NC(=O)CNC(c1ccc(C(C)C)cc1)C(C)C. The molecule has 0 saturated heterocycles. The molecule has 0 aliphatic rings. The van der Waals surface area contributed by atoms with Crippen LogP contribution in [0.1, 0.15) is 57.7 Å². The van der Waals surface area contributed by atoms with E-state index >= 15 is 0 Å². The molecular formula is C24H33N3O3. The first kappa shape index (κ1) is 23.4. The molecule has 2 aromatic carbocycles. The van der Waals surface area contributed by atoms with E-state index in [1.165, 1.54) is 19.6 Å². The zero-order valence-corrected chi connectivity index (χ0v) is 18.7. The highest BCUT2D eigenvalue weighted by Crippen LogP contribution is 2.28. The number of hydrogen-bond acceptors (Lipinski definition) is 4. The molecule has 2 aromatic rings. The number of amides is 2. The van der Waals surface area contributed by atoms with E-state index in [1.54, 1.807) is 18.2 Å². The highest BCUT2D eigenvalue weighted by Gasteiger charge is 2.17. The molecule has 0 fully saturated rings. The molecule has 30 heavy (non-hydrogen) atoms. The first-order chi connectivity index (χ1) is 14.2. The van der Waals surface area contributed by atoms with Gasteiger partial charge in [0.25, 0.3) is 0 Å². The highest BCUT2D eigenvalue weighted by atomic mass is 16.5. The second-order valence-electron chi connectivity index (χ2n) is 8.07. The zero-order valence-electron chi connectivity index (χ0n) is 18.7. The molecule has 2 amide bonds. The quantitative estimate of drug-likeness (QED) is 0.559. The van der Waals surface area contributed by atoms with Crippen molar-refractivity contribution in [1.29, 1.82) is 0 Å². The third-order valence-electron chi connectivity index (χ3n) is 4.91. The fourth-order valence-electron chi connectivity index (χ4n) is 3.31. The maximum atomic E-state index is 12.6. The lowest BCUT2D eigenvalue weighted by atomic mass is 9.93. The summed E-state index contributed by atoms with van der Waals surface area (Å²) in [4.78, 5) is 23.9. The van der Waals surface area contributed by atoms with E-state index in [1.807, 2.05) is 0 Å². The minimum Gasteiger partial charge on any atom is -0.495 e. The Labute approximate surface area is 179 Å². The Kier molecular flexibility index (Phi) is 8.42. The first-order valence-electron chi connectivity index (χ1n) is 10.3. The lowest BCUT2D eigenvalue weighted by molar-refractivity contribution is -0.116. The molecule has 6 heteroatoms. The Hall–Kier alpha value is -2.86. The van der Waals surface area contributed by atoms with E-state index in [-0.39, 0.29) is 24.4 Å². The molecule has 0 saturated carbocycles. The van der Waals surface area contributed by atoms with Crippen molar-refractivity contribution < 1.29 is 14.3 Å². The molecule has 0 aliphatic carbocycles. The highest BCUT2D eigenvalue weighted by molar-refractivity contribution is 5.95. The standard InChI is InChI=1S/C24H33N3O3/c1-15(2)18-7-9-19(10-8-18)24(16(3)4)25-14-23(29)27-21-13-20(26-17(5)28)11-12-22(21)30-6/h7-13,15-16,24-25H,14H2,1-6H3,(H,26,28)(H,27,29). The summed E-state index contributed by atoms with van der Waals surface area (Å²) in [6.45, 7) is 10.2. The second-order valence-corrected chi connectivity index (χ2v) is 8.07. The minimum absolute atomic E-state index is 0.0598. The molecular weight excluding hydrogens is 378 g/mol. The number of carbonyl (C=O) groups excluding carboxylic acids is 2. The van der Waals surface area contributed by atoms with Crippen LogP contribution in [0.4, 0.5) is 11.4 Å². The van der Waals surface area contributed by atoms with Crippen LogP contribution in [0.5, 0.6) is 5.75 Å². The van der Waals surface area contributed by atoms with Crippen molar-refractivity contribution in [3.8, 4) is 5.75 Å². The minimum atomic E-state index is -0.183. The Bertz CT molecular complexity index is 860. The van der Waals surface area contributed by atoms with Gasteiger partial charge in [0.05, 0.1) is 19.3 Å². The van der Waals surface area contributed by atoms with Crippen LogP contribution >= 0.6 is 0 Å². The summed E-state index contributed by atoms with van der Waals surface area (Å²) in [5, 5.41) is 8.94. The Balaban J connectivity index is 2.06. The van der Waals surface area contributed by atoms with Crippen molar-refractivity contribution in [3.05, 3.63) is 53.6 Å². The zero-order chi connectivity index (χ0) is 22.3. The van der Waals surface area contributed by atoms with Crippen molar-refractivity contribution >= 4 is 23.2 Å². The lowest BCUT2D eigenvalue weighted by Crippen LogP contribution is -2.33. The van der Waals surface area contributed by atoms with E-state index in [4.69, 9.17) is 4.74 Å². The molecule has 6 nitrogen and oxygen atoms in total. The van der Waals surface area contributed by atoms with E-state index in [2.05, 4.69) is 67.9 Å². The van der Waals surface area contributed by atoms with Gasteiger partial charge in [0.15, 0.2) is 0 Å². The molecule has 0 spiro atoms. The van der Waals surface area contributed by atoms with E-state index in [0.29, 0.717) is 29.0 Å². The Morgan fingerprint density at radius 2 is 1.57 bits per heavy atom. The molecule has 1 unspecified atom stereocenters. The summed E-state index contributed by atoms with van der Waals surface area (Å²) in [7, 11) is 1.54. The van der Waals surface area contributed by atoms with E-state index in [0.717, 1.165) is 5.56 Å². The normalized spacial score (nSPS) is 12.0. The van der Waals surface area contributed by atoms with Crippen LogP contribution in [-0.2, 0) is 9.59 Å². The van der Waals surface area contributed by atoms with Crippen molar-refractivity contribution in [2.24, 2.45) is 5.92 Å². The fourth-order valence-corrected chi connectivity index (χ4v) is 3.31. The number of ether oxygens (including phenoxy) is 1. The summed E-state index contributed by atoms with van der Waals surface area (Å²) in [5.41, 5.74) is 3.56. The predicted octanol–water partition coefficient (Wildman–Crippen LogP) is 4.70. The number of nitrogens with one attached hydrogen (secondary N) is 3. The molecule has 0 radical (unpaired) electrons. The van der Waals surface area contributed by atoms with E-state index < -0.39 is 0 Å². The van der Waals surface area contributed by atoms with Gasteiger partial charge in [-0.2, -0.15) is 0 Å². The Morgan fingerprint density at radius 1 is 0.933 bits per heavy atom. The Morgan fingerprint density at radius 3 is 2.10 bits per heavy atom. The average Bonchev–Trinajstić information content (AvgIpc) is 2.68. The van der Waals surface area contributed by atoms with E-state index in [9.17, 15) is 9.59 Å². The largest absolute Gasteiger partial charge is 0.495 e. The smallest absolute Gasteiger partial charge is 0.238 e. The summed E-state index contributed by atoms with van der Waals surface area (Å²) in [6, 6.07) is 13.7. The topological polar surface area (TPSA) is 79.5 Å². The van der Waals surface area contributed by atoms with Crippen LogP contribution in [0, 0.1) is 5.92 Å². The third-order valence-corrected chi connectivity index (χ3v) is 4.91. The number of benzene rings is 2. The van der Waals surface area contributed by atoms with Crippen LogP contribution in [-0.4, -0.2) is 25.5 Å². The van der Waals surface area contributed by atoms with Crippen LogP contribution in [0.25, 0.3) is 0 Å². The number of rotatable bonds is 9. The predicted molar refractivity (Wildman–Crippen MR) is 122 cm³/mol. The van der Waals surface area contributed by atoms with Crippen molar-refractivity contribution in [2.45, 2.75) is 46.6 Å². The molecule has 1 atom stereocenters. The van der Waals surface area contributed by atoms with Crippen molar-refractivity contribution in [2.75, 3.05) is 24.3 Å². The lowest BCUT2D eigenvalue weighted by Gasteiger charge is -2.23. The molecule has 0 aliphatic heterocycles. The van der Waals surface area contributed by atoms with Gasteiger partial charge in [0, 0.05) is 18.7 Å². The monoisotopic (exact) mass is 411 g/mol. The van der Waals surface area contributed by atoms with Crippen LogP contribution in [0.15, 0.2) is 42.5 Å². The summed E-state index contributed by atoms with van der Waals surface area (Å²) in [6.07, 6.45) is 0. The molecule has 162 valence electrons. The maximum Gasteiger partial charge on any atom is 0.238 e. The van der Waals surface area contributed by atoms with Crippen molar-refractivity contribution in [1.82, 2.24) is 5.32 Å². The number of anilines is 2. The van der Waals surface area contributed by atoms with Gasteiger partial charge < -0.3 is 20.7 Å². The summed E-state index contributed by atoms with van der Waals surface area (Å²) < 4.78 is 5.32. The van der Waals surface area contributed by atoms with Gasteiger partial charge in [-0.05, 0) is 41.2 Å². The summed E-state index contributed by atoms with van der Waals surface area (Å²) in [5.74, 6) is 0.973. The van der Waals surface area contributed by atoms with Gasteiger partial charge in [0.1, 0.15) is 5.75 Å². The molecule has 0 aromatic heterocycles. The summed E-state index contributed by atoms with van der Waals surface area (Å²) >= 11 is 0. The van der Waals surface area contributed by atoms with Gasteiger partial charge in [-0.25, -0.2) is 0 Å². The number of hydrogen-bond donors (Lipinski definition) is 3. The average molecular weight is 412 g/mol. The van der Waals surface area contributed by atoms with Gasteiger partial charge in [-0.1, -0.05) is 52.0 Å². The van der Waals surface area contributed by atoms with Crippen LogP contribution < -0.4 is 20.7 Å². The number of carbonyl (C=O) groups is 2. The molecule has 0 heterocycles. The molecule has 0 bridgehead atoms. The number of methoxy groups -OCH3 is 1. The van der Waals surface area contributed by atoms with Crippen LogP contribution in [0.3, 0.4) is 0 Å². The second kappa shape index (κ2) is 10.8. The van der Waals surface area contributed by atoms with Gasteiger partial charge >= 0.3 is 0 Å². The fraction of sp³-hybridized carbons (Fsp3) is 0.417. The van der Waals surface area contributed by atoms with Gasteiger partial charge in [-0.3, -0.25) is 9.59 Å².